The number of sulfonamides is 1. The summed E-state index contributed by atoms with van der Waals surface area (Å²) in [4.78, 5) is 12.4. The molecule has 0 bridgehead atoms. The van der Waals surface area contributed by atoms with Crippen molar-refractivity contribution in [3.8, 4) is 5.75 Å². The molecular weight excluding hydrogens is 404 g/mol. The van der Waals surface area contributed by atoms with Crippen LogP contribution in [-0.4, -0.2) is 22.1 Å². The average Bonchev–Trinajstić information content (AvgIpc) is 2.67. The van der Waals surface area contributed by atoms with E-state index in [0.29, 0.717) is 29.0 Å². The number of anilines is 2. The Balaban J connectivity index is 2.11. The highest BCUT2D eigenvalue weighted by atomic mass is 35.5. The maximum Gasteiger partial charge on any atom is 0.363 e. The van der Waals surface area contributed by atoms with Gasteiger partial charge in [0.05, 0.1) is 22.7 Å². The molecule has 0 saturated heterocycles. The average molecular weight is 423 g/mol. The van der Waals surface area contributed by atoms with Crippen LogP contribution in [0.1, 0.15) is 13.3 Å². The van der Waals surface area contributed by atoms with Crippen molar-refractivity contribution in [2.75, 3.05) is 23.7 Å². The van der Waals surface area contributed by atoms with Crippen molar-refractivity contribution >= 4 is 44.0 Å². The van der Waals surface area contributed by atoms with Crippen molar-refractivity contribution in [2.45, 2.75) is 18.2 Å². The molecule has 1 aromatic heterocycles. The third kappa shape index (κ3) is 3.93. The van der Waals surface area contributed by atoms with Gasteiger partial charge in [0, 0.05) is 11.9 Å². The number of hydrogen-bond donors (Lipinski definition) is 2. The van der Waals surface area contributed by atoms with E-state index in [4.69, 9.17) is 20.8 Å². The lowest BCUT2D eigenvalue weighted by atomic mass is 10.2. The van der Waals surface area contributed by atoms with E-state index in [-0.39, 0.29) is 15.6 Å². The van der Waals surface area contributed by atoms with Crippen LogP contribution in [0.15, 0.2) is 56.6 Å². The summed E-state index contributed by atoms with van der Waals surface area (Å²) >= 11 is 6.04. The largest absolute Gasteiger partial charge is 0.495 e. The molecule has 0 saturated carbocycles. The Hall–Kier alpha value is -2.71. The maximum absolute atomic E-state index is 12.8. The van der Waals surface area contributed by atoms with Gasteiger partial charge in [-0.25, -0.2) is 13.2 Å². The zero-order valence-corrected chi connectivity index (χ0v) is 16.9. The summed E-state index contributed by atoms with van der Waals surface area (Å²) in [7, 11) is -2.66. The Morgan fingerprint density at radius 3 is 2.57 bits per heavy atom. The van der Waals surface area contributed by atoms with Crippen LogP contribution in [0, 0.1) is 0 Å². The number of ether oxygens (including phenoxy) is 1. The topological polar surface area (TPSA) is 97.6 Å². The van der Waals surface area contributed by atoms with E-state index in [1.165, 1.54) is 25.3 Å². The van der Waals surface area contributed by atoms with Crippen LogP contribution in [0.25, 0.3) is 11.0 Å². The highest BCUT2D eigenvalue weighted by Crippen LogP contribution is 2.31. The fraction of sp³-hybridized carbons (Fsp3) is 0.211. The highest BCUT2D eigenvalue weighted by molar-refractivity contribution is 7.92. The van der Waals surface area contributed by atoms with Gasteiger partial charge in [-0.1, -0.05) is 30.7 Å². The summed E-state index contributed by atoms with van der Waals surface area (Å²) in [6.45, 7) is 2.51. The van der Waals surface area contributed by atoms with Gasteiger partial charge in [0.15, 0.2) is 5.69 Å². The first-order valence-corrected chi connectivity index (χ1v) is 10.4. The normalized spacial score (nSPS) is 11.4. The van der Waals surface area contributed by atoms with Crippen molar-refractivity contribution in [3.05, 3.63) is 57.9 Å². The second-order valence-electron chi connectivity index (χ2n) is 5.96. The van der Waals surface area contributed by atoms with Crippen LogP contribution >= 0.6 is 11.6 Å². The molecule has 28 heavy (non-hydrogen) atoms. The van der Waals surface area contributed by atoms with Crippen LogP contribution in [0.4, 0.5) is 11.4 Å². The van der Waals surface area contributed by atoms with Gasteiger partial charge in [-0.05, 0) is 36.8 Å². The molecule has 0 atom stereocenters. The summed E-state index contributed by atoms with van der Waals surface area (Å²) in [5.41, 5.74) is -0.238. The van der Waals surface area contributed by atoms with Gasteiger partial charge < -0.3 is 14.5 Å². The first-order valence-electron chi connectivity index (χ1n) is 8.53. The summed E-state index contributed by atoms with van der Waals surface area (Å²) in [6.07, 6.45) is 0.787. The van der Waals surface area contributed by atoms with Gasteiger partial charge in [-0.15, -0.1) is 0 Å². The van der Waals surface area contributed by atoms with Crippen LogP contribution in [0.5, 0.6) is 5.75 Å². The van der Waals surface area contributed by atoms with Crippen molar-refractivity contribution in [1.82, 2.24) is 0 Å². The Kier molecular flexibility index (Phi) is 5.81. The predicted octanol–water partition coefficient (Wildman–Crippen LogP) is 4.08. The van der Waals surface area contributed by atoms with Crippen molar-refractivity contribution in [2.24, 2.45) is 0 Å². The Morgan fingerprint density at radius 1 is 1.14 bits per heavy atom. The van der Waals surface area contributed by atoms with Gasteiger partial charge >= 0.3 is 5.63 Å². The minimum absolute atomic E-state index is 0.104. The van der Waals surface area contributed by atoms with Gasteiger partial charge in [-0.3, -0.25) is 4.72 Å². The van der Waals surface area contributed by atoms with Crippen molar-refractivity contribution in [3.63, 3.8) is 0 Å². The first-order chi connectivity index (χ1) is 13.4. The number of halogens is 1. The lowest BCUT2D eigenvalue weighted by Crippen LogP contribution is -2.21. The Labute approximate surface area is 167 Å². The van der Waals surface area contributed by atoms with Gasteiger partial charge in [0.25, 0.3) is 10.0 Å². The lowest BCUT2D eigenvalue weighted by Gasteiger charge is -2.15. The number of rotatable bonds is 7. The van der Waals surface area contributed by atoms with Crippen LogP contribution in [0.3, 0.4) is 0 Å². The lowest BCUT2D eigenvalue weighted by molar-refractivity contribution is 0.414. The summed E-state index contributed by atoms with van der Waals surface area (Å²) < 4.78 is 38.4. The van der Waals surface area contributed by atoms with E-state index in [1.54, 1.807) is 24.3 Å². The molecule has 148 valence electrons. The summed E-state index contributed by atoms with van der Waals surface area (Å²) in [5, 5.41) is 3.85. The third-order valence-electron chi connectivity index (χ3n) is 4.03. The van der Waals surface area contributed by atoms with E-state index in [1.807, 2.05) is 6.92 Å². The SMILES string of the molecule is CCCNc1c(NS(=O)(=O)c2ccc(OC)c(Cl)c2)c(=O)oc2ccccc12. The van der Waals surface area contributed by atoms with E-state index in [9.17, 15) is 13.2 Å². The monoisotopic (exact) mass is 422 g/mol. The molecule has 0 unspecified atom stereocenters. The van der Waals surface area contributed by atoms with E-state index < -0.39 is 15.6 Å². The molecule has 0 aliphatic carbocycles. The maximum atomic E-state index is 12.8. The smallest absolute Gasteiger partial charge is 0.363 e. The van der Waals surface area contributed by atoms with E-state index in [0.717, 1.165) is 6.42 Å². The van der Waals surface area contributed by atoms with Crippen LogP contribution in [-0.2, 0) is 10.0 Å². The molecule has 7 nitrogen and oxygen atoms in total. The molecule has 3 rings (SSSR count). The second kappa shape index (κ2) is 8.12. The Bertz CT molecular complexity index is 1170. The molecule has 0 aliphatic rings. The molecule has 0 fully saturated rings. The number of hydrogen-bond acceptors (Lipinski definition) is 6. The molecule has 0 aliphatic heterocycles. The number of para-hydroxylation sites is 1. The standard InChI is InChI=1S/C19H19ClN2O5S/c1-3-10-21-17-13-6-4-5-7-15(13)27-19(23)18(17)22-28(24,25)12-8-9-16(26-2)14(20)11-12/h4-9,11,21-22H,3,10H2,1-2H3. The minimum atomic E-state index is -4.09. The van der Waals surface area contributed by atoms with Crippen molar-refractivity contribution < 1.29 is 17.6 Å². The summed E-state index contributed by atoms with van der Waals surface area (Å²) in [6, 6.07) is 10.9. The Morgan fingerprint density at radius 2 is 1.89 bits per heavy atom. The van der Waals surface area contributed by atoms with Gasteiger partial charge in [0.2, 0.25) is 0 Å². The number of methoxy groups -OCH3 is 1. The molecule has 0 radical (unpaired) electrons. The van der Waals surface area contributed by atoms with Crippen LogP contribution < -0.4 is 20.4 Å². The minimum Gasteiger partial charge on any atom is -0.495 e. The fourth-order valence-electron chi connectivity index (χ4n) is 2.68. The number of benzene rings is 2. The first kappa shape index (κ1) is 20.0. The molecule has 2 N–H and O–H groups in total. The van der Waals surface area contributed by atoms with Crippen LogP contribution in [0.2, 0.25) is 5.02 Å². The predicted molar refractivity (Wildman–Crippen MR) is 110 cm³/mol. The third-order valence-corrected chi connectivity index (χ3v) is 5.68. The fourth-order valence-corrected chi connectivity index (χ4v) is 4.10. The van der Waals surface area contributed by atoms with Crippen molar-refractivity contribution in [1.29, 1.82) is 0 Å². The second-order valence-corrected chi connectivity index (χ2v) is 8.05. The number of fused-ring (bicyclic) bond motifs is 1. The zero-order valence-electron chi connectivity index (χ0n) is 15.3. The van der Waals surface area contributed by atoms with E-state index >= 15 is 0 Å². The molecule has 1 heterocycles. The highest BCUT2D eigenvalue weighted by Gasteiger charge is 2.22. The molecular formula is C19H19ClN2O5S. The molecule has 0 spiro atoms. The van der Waals surface area contributed by atoms with E-state index in [2.05, 4.69) is 10.0 Å². The van der Waals surface area contributed by atoms with Gasteiger partial charge in [0.1, 0.15) is 11.3 Å². The summed E-state index contributed by atoms with van der Waals surface area (Å²) in [5.74, 6) is 0.344. The van der Waals surface area contributed by atoms with Gasteiger partial charge in [-0.2, -0.15) is 0 Å². The molecule has 0 amide bonds. The molecule has 2 aromatic carbocycles. The number of nitrogens with one attached hydrogen (secondary N) is 2. The molecule has 3 aromatic rings. The zero-order chi connectivity index (χ0) is 20.3. The quantitative estimate of drug-likeness (QED) is 0.557. The molecule has 9 heteroatoms.